The molecule has 3 rings (SSSR count). The van der Waals surface area contributed by atoms with Crippen LogP contribution in [-0.4, -0.2) is 30.7 Å². The van der Waals surface area contributed by atoms with Crippen molar-refractivity contribution in [3.05, 3.63) is 95.1 Å². The summed E-state index contributed by atoms with van der Waals surface area (Å²) in [5.41, 5.74) is 6.01. The van der Waals surface area contributed by atoms with Gasteiger partial charge in [0.15, 0.2) is 11.5 Å². The molecule has 188 valence electrons. The second kappa shape index (κ2) is 13.1. The molecule has 0 saturated heterocycles. The lowest BCUT2D eigenvalue weighted by Crippen LogP contribution is -2.48. The molecule has 0 heterocycles. The number of hydrogen-bond donors (Lipinski definition) is 2. The first-order chi connectivity index (χ1) is 17.4. The Balaban J connectivity index is 1.63. The molecular formula is C29H33N3O4. The van der Waals surface area contributed by atoms with Crippen LogP contribution >= 0.6 is 0 Å². The fraction of sp³-hybridized carbons (Fsp3) is 0.276. The Morgan fingerprint density at radius 2 is 1.72 bits per heavy atom. The number of hydrogen-bond acceptors (Lipinski definition) is 5. The maximum Gasteiger partial charge on any atom is 0.262 e. The van der Waals surface area contributed by atoms with Crippen LogP contribution in [0.25, 0.3) is 0 Å². The fourth-order valence-corrected chi connectivity index (χ4v) is 3.54. The van der Waals surface area contributed by atoms with E-state index in [1.54, 1.807) is 24.3 Å². The van der Waals surface area contributed by atoms with E-state index >= 15 is 0 Å². The third kappa shape index (κ3) is 7.70. The number of carbonyl (C=O) groups is 2. The number of aryl methyl sites for hydroxylation is 1. The first-order valence-electron chi connectivity index (χ1n) is 12.0. The summed E-state index contributed by atoms with van der Waals surface area (Å²) in [6.45, 7) is 8.59. The molecule has 0 spiro atoms. The molecule has 0 aliphatic heterocycles. The zero-order valence-corrected chi connectivity index (χ0v) is 21.2. The van der Waals surface area contributed by atoms with Gasteiger partial charge in [0, 0.05) is 5.56 Å². The molecule has 2 N–H and O–H groups in total. The van der Waals surface area contributed by atoms with Gasteiger partial charge >= 0.3 is 0 Å². The Morgan fingerprint density at radius 1 is 0.944 bits per heavy atom. The Labute approximate surface area is 212 Å². The SMILES string of the molecule is CCOc1cc(/C=N/NC(=O)C(NC(=O)c2ccccc2)C(C)C)ccc1OCc1cccc(C)c1. The second-order valence-corrected chi connectivity index (χ2v) is 8.71. The zero-order chi connectivity index (χ0) is 25.9. The molecule has 2 amide bonds. The predicted molar refractivity (Wildman–Crippen MR) is 141 cm³/mol. The van der Waals surface area contributed by atoms with Gasteiger partial charge in [0.05, 0.1) is 12.8 Å². The molecule has 0 aliphatic carbocycles. The van der Waals surface area contributed by atoms with Crippen molar-refractivity contribution in [2.45, 2.75) is 40.3 Å². The molecule has 0 saturated carbocycles. The highest BCUT2D eigenvalue weighted by molar-refractivity contribution is 5.97. The van der Waals surface area contributed by atoms with Crippen LogP contribution in [0.5, 0.6) is 11.5 Å². The lowest BCUT2D eigenvalue weighted by Gasteiger charge is -2.20. The van der Waals surface area contributed by atoms with E-state index in [4.69, 9.17) is 9.47 Å². The van der Waals surface area contributed by atoms with Gasteiger partial charge in [-0.25, -0.2) is 5.43 Å². The Bertz CT molecular complexity index is 1190. The first kappa shape index (κ1) is 26.5. The van der Waals surface area contributed by atoms with Crippen molar-refractivity contribution < 1.29 is 19.1 Å². The van der Waals surface area contributed by atoms with Crippen LogP contribution < -0.4 is 20.2 Å². The van der Waals surface area contributed by atoms with Crippen LogP contribution in [0.4, 0.5) is 0 Å². The third-order valence-electron chi connectivity index (χ3n) is 5.40. The number of nitrogens with zero attached hydrogens (tertiary/aromatic N) is 1. The van der Waals surface area contributed by atoms with Crippen molar-refractivity contribution in [2.24, 2.45) is 11.0 Å². The van der Waals surface area contributed by atoms with Gasteiger partial charge in [0.25, 0.3) is 11.8 Å². The van der Waals surface area contributed by atoms with Gasteiger partial charge in [-0.3, -0.25) is 9.59 Å². The number of rotatable bonds is 11. The highest BCUT2D eigenvalue weighted by Gasteiger charge is 2.24. The lowest BCUT2D eigenvalue weighted by molar-refractivity contribution is -0.123. The van der Waals surface area contributed by atoms with E-state index in [2.05, 4.69) is 21.9 Å². The second-order valence-electron chi connectivity index (χ2n) is 8.71. The van der Waals surface area contributed by atoms with Crippen LogP contribution in [0.1, 0.15) is 47.8 Å². The molecule has 3 aromatic carbocycles. The van der Waals surface area contributed by atoms with Crippen LogP contribution in [0, 0.1) is 12.8 Å². The van der Waals surface area contributed by atoms with Crippen LogP contribution in [0.2, 0.25) is 0 Å². The molecule has 0 radical (unpaired) electrons. The van der Waals surface area contributed by atoms with Gasteiger partial charge in [0.2, 0.25) is 0 Å². The third-order valence-corrected chi connectivity index (χ3v) is 5.40. The fourth-order valence-electron chi connectivity index (χ4n) is 3.54. The Hall–Kier alpha value is -4.13. The number of hydrazone groups is 1. The number of ether oxygens (including phenoxy) is 2. The summed E-state index contributed by atoms with van der Waals surface area (Å²) in [6.07, 6.45) is 1.53. The molecule has 0 aliphatic rings. The minimum absolute atomic E-state index is 0.123. The van der Waals surface area contributed by atoms with E-state index in [1.165, 1.54) is 11.8 Å². The molecule has 0 aromatic heterocycles. The van der Waals surface area contributed by atoms with Crippen LogP contribution in [0.3, 0.4) is 0 Å². The molecule has 36 heavy (non-hydrogen) atoms. The van der Waals surface area contributed by atoms with Gasteiger partial charge in [-0.05, 0) is 61.2 Å². The van der Waals surface area contributed by atoms with E-state index in [-0.39, 0.29) is 11.8 Å². The molecule has 7 nitrogen and oxygen atoms in total. The standard InChI is InChI=1S/C29H33N3O4/c1-5-35-26-17-22(14-15-25(26)36-19-23-11-9-10-21(4)16-23)18-30-32-29(34)27(20(2)3)31-28(33)24-12-7-6-8-13-24/h6-18,20,27H,5,19H2,1-4H3,(H,31,33)(H,32,34)/b30-18+. The molecule has 1 atom stereocenters. The van der Waals surface area contributed by atoms with Crippen molar-refractivity contribution in [3.8, 4) is 11.5 Å². The smallest absolute Gasteiger partial charge is 0.262 e. The minimum Gasteiger partial charge on any atom is -0.490 e. The van der Waals surface area contributed by atoms with Crippen molar-refractivity contribution in [1.82, 2.24) is 10.7 Å². The van der Waals surface area contributed by atoms with Crippen molar-refractivity contribution in [2.75, 3.05) is 6.61 Å². The maximum absolute atomic E-state index is 12.7. The van der Waals surface area contributed by atoms with Crippen LogP contribution in [0.15, 0.2) is 77.9 Å². The van der Waals surface area contributed by atoms with E-state index in [1.807, 2.05) is 70.2 Å². The molecule has 0 fully saturated rings. The van der Waals surface area contributed by atoms with Crippen molar-refractivity contribution in [3.63, 3.8) is 0 Å². The summed E-state index contributed by atoms with van der Waals surface area (Å²) in [7, 11) is 0. The summed E-state index contributed by atoms with van der Waals surface area (Å²) < 4.78 is 11.7. The molecular weight excluding hydrogens is 454 g/mol. The van der Waals surface area contributed by atoms with Gasteiger partial charge in [-0.15, -0.1) is 0 Å². The first-order valence-corrected chi connectivity index (χ1v) is 12.0. The monoisotopic (exact) mass is 487 g/mol. The summed E-state index contributed by atoms with van der Waals surface area (Å²) in [5.74, 6) is 0.394. The van der Waals surface area contributed by atoms with Crippen molar-refractivity contribution >= 4 is 18.0 Å². The largest absolute Gasteiger partial charge is 0.490 e. The lowest BCUT2D eigenvalue weighted by atomic mass is 10.0. The zero-order valence-electron chi connectivity index (χ0n) is 21.2. The average Bonchev–Trinajstić information content (AvgIpc) is 2.87. The summed E-state index contributed by atoms with van der Waals surface area (Å²) in [5, 5.41) is 6.87. The molecule has 1 unspecified atom stereocenters. The van der Waals surface area contributed by atoms with E-state index in [9.17, 15) is 9.59 Å². The van der Waals surface area contributed by atoms with Gasteiger partial charge < -0.3 is 14.8 Å². The average molecular weight is 488 g/mol. The number of amides is 2. The van der Waals surface area contributed by atoms with Crippen LogP contribution in [-0.2, 0) is 11.4 Å². The van der Waals surface area contributed by atoms with Gasteiger partial charge in [-0.2, -0.15) is 5.10 Å². The molecule has 3 aromatic rings. The summed E-state index contributed by atoms with van der Waals surface area (Å²) in [6, 6.07) is 21.7. The highest BCUT2D eigenvalue weighted by Crippen LogP contribution is 2.29. The number of carbonyl (C=O) groups excluding carboxylic acids is 2. The normalized spacial score (nSPS) is 11.8. The molecule has 0 bridgehead atoms. The van der Waals surface area contributed by atoms with E-state index in [0.717, 1.165) is 11.1 Å². The predicted octanol–water partition coefficient (Wildman–Crippen LogP) is 4.88. The summed E-state index contributed by atoms with van der Waals surface area (Å²) >= 11 is 0. The highest BCUT2D eigenvalue weighted by atomic mass is 16.5. The maximum atomic E-state index is 12.7. The van der Waals surface area contributed by atoms with Gasteiger partial charge in [0.1, 0.15) is 12.6 Å². The van der Waals surface area contributed by atoms with Crippen molar-refractivity contribution in [1.29, 1.82) is 0 Å². The Kier molecular flexibility index (Phi) is 9.63. The van der Waals surface area contributed by atoms with E-state index in [0.29, 0.717) is 30.3 Å². The van der Waals surface area contributed by atoms with Gasteiger partial charge in [-0.1, -0.05) is 61.9 Å². The number of nitrogens with one attached hydrogen (secondary N) is 2. The topological polar surface area (TPSA) is 89.0 Å². The number of benzene rings is 3. The Morgan fingerprint density at radius 3 is 2.42 bits per heavy atom. The molecule has 7 heteroatoms. The summed E-state index contributed by atoms with van der Waals surface area (Å²) in [4.78, 5) is 25.2. The van der Waals surface area contributed by atoms with E-state index < -0.39 is 11.9 Å². The minimum atomic E-state index is -0.730. The quantitative estimate of drug-likeness (QED) is 0.298.